The highest BCUT2D eigenvalue weighted by Gasteiger charge is 2.47. The van der Waals surface area contributed by atoms with Crippen LogP contribution in [-0.4, -0.2) is 60.2 Å². The van der Waals surface area contributed by atoms with Gasteiger partial charge in [-0.15, -0.1) is 4.72 Å². The summed E-state index contributed by atoms with van der Waals surface area (Å²) in [6, 6.07) is 8.00. The van der Waals surface area contributed by atoms with E-state index in [1.165, 1.54) is 11.8 Å². The van der Waals surface area contributed by atoms with Gasteiger partial charge in [-0.05, 0) is 57.5 Å². The molecule has 1 heterocycles. The number of hydrogen-bond donors (Lipinski definition) is 1. The number of fused-ring (bicyclic) bond motifs is 2. The average molecular weight is 394 g/mol. The summed E-state index contributed by atoms with van der Waals surface area (Å²) in [5, 5.41) is 0. The van der Waals surface area contributed by atoms with Crippen molar-refractivity contribution in [3.05, 3.63) is 35.4 Å². The van der Waals surface area contributed by atoms with Gasteiger partial charge in [-0.25, -0.2) is 0 Å². The van der Waals surface area contributed by atoms with Gasteiger partial charge in [0.1, 0.15) is 16.7 Å². The van der Waals surface area contributed by atoms with Crippen LogP contribution < -0.4 is 4.72 Å². The number of rotatable bonds is 6. The lowest BCUT2D eigenvalue weighted by atomic mass is 9.73. The predicted octanol–water partition coefficient (Wildman–Crippen LogP) is 2.10. The number of carbonyl (C=O) groups excluding carboxylic acids is 1. The molecular formula is C20H31N3O3S. The standard InChI is InChI=1S/C20H31N3O3S/c1-22(2)12-6-9-19(24)23-13-10-20(11-14-23)15-18(21-27(3,25)26)16-7-4-5-8-17(16)20/h4-5,7-8,18H,6,9-15H2,1-3H3,(H-,21,25,26). The molecule has 7 heteroatoms. The van der Waals surface area contributed by atoms with Gasteiger partial charge in [0, 0.05) is 24.9 Å². The quantitative estimate of drug-likeness (QED) is 0.751. The van der Waals surface area contributed by atoms with E-state index in [0.29, 0.717) is 6.42 Å². The fourth-order valence-corrected chi connectivity index (χ4v) is 5.35. The van der Waals surface area contributed by atoms with Crippen LogP contribution in [0.15, 0.2) is 24.3 Å². The second-order valence-electron chi connectivity index (χ2n) is 8.30. The molecular weight excluding hydrogens is 362 g/mol. The Balaban J connectivity index is 1.67. The highest BCUT2D eigenvalue weighted by Crippen LogP contribution is 2.51. The second kappa shape index (κ2) is 7.99. The SMILES string of the molecule is CN(C)CCCC(=O)N1CCC2(CC1)CC(N[S+](C)(=O)[O-])c1ccccc12. The fraction of sp³-hybridized carbons (Fsp3) is 0.650. The van der Waals surface area contributed by atoms with Crippen LogP contribution in [0.5, 0.6) is 0 Å². The molecule has 3 rings (SSSR count). The van der Waals surface area contributed by atoms with Gasteiger partial charge >= 0.3 is 0 Å². The number of likely N-dealkylation sites (tertiary alicyclic amines) is 1. The molecule has 2 aliphatic rings. The van der Waals surface area contributed by atoms with Crippen LogP contribution in [0.3, 0.4) is 0 Å². The van der Waals surface area contributed by atoms with Crippen LogP contribution >= 0.6 is 0 Å². The minimum Gasteiger partial charge on any atom is -0.598 e. The first-order chi connectivity index (χ1) is 12.7. The highest BCUT2D eigenvalue weighted by molar-refractivity contribution is 7.95. The molecule has 1 fully saturated rings. The van der Waals surface area contributed by atoms with Crippen molar-refractivity contribution in [1.82, 2.24) is 14.5 Å². The Morgan fingerprint density at radius 1 is 1.33 bits per heavy atom. The Morgan fingerprint density at radius 3 is 2.63 bits per heavy atom. The van der Waals surface area contributed by atoms with Gasteiger partial charge in [0.05, 0.1) is 6.04 Å². The zero-order valence-corrected chi connectivity index (χ0v) is 17.4. The smallest absolute Gasteiger partial charge is 0.222 e. The van der Waals surface area contributed by atoms with Crippen molar-refractivity contribution in [3.63, 3.8) is 0 Å². The summed E-state index contributed by atoms with van der Waals surface area (Å²) in [5.74, 6) is 0.240. The molecule has 6 nitrogen and oxygen atoms in total. The van der Waals surface area contributed by atoms with Gasteiger partial charge in [0.15, 0.2) is 0 Å². The molecule has 1 saturated heterocycles. The van der Waals surface area contributed by atoms with Crippen molar-refractivity contribution in [2.24, 2.45) is 0 Å². The summed E-state index contributed by atoms with van der Waals surface area (Å²) in [6.07, 6.45) is 5.27. The molecule has 0 radical (unpaired) electrons. The number of amides is 1. The molecule has 0 saturated carbocycles. The Bertz CT molecular complexity index is 723. The Morgan fingerprint density at radius 2 is 2.00 bits per heavy atom. The topological polar surface area (TPSA) is 75.7 Å². The summed E-state index contributed by atoms with van der Waals surface area (Å²) >= 11 is 0. The predicted molar refractivity (Wildman–Crippen MR) is 107 cm³/mol. The molecule has 2 atom stereocenters. The molecule has 1 aliphatic carbocycles. The fourth-order valence-electron chi connectivity index (χ4n) is 4.62. The van der Waals surface area contributed by atoms with Crippen molar-refractivity contribution in [3.8, 4) is 0 Å². The monoisotopic (exact) mass is 393 g/mol. The summed E-state index contributed by atoms with van der Waals surface area (Å²) in [4.78, 5) is 16.6. The van der Waals surface area contributed by atoms with Gasteiger partial charge in [0.2, 0.25) is 5.91 Å². The summed E-state index contributed by atoms with van der Waals surface area (Å²) in [7, 11) is 0.777. The largest absolute Gasteiger partial charge is 0.598 e. The third kappa shape index (κ3) is 4.77. The number of sulfonamides is 1. The van der Waals surface area contributed by atoms with E-state index in [4.69, 9.17) is 0 Å². The third-order valence-electron chi connectivity index (χ3n) is 5.93. The van der Waals surface area contributed by atoms with Gasteiger partial charge < -0.3 is 14.4 Å². The van der Waals surface area contributed by atoms with Crippen LogP contribution in [0.2, 0.25) is 0 Å². The first kappa shape index (κ1) is 20.5. The Kier molecular flexibility index (Phi) is 6.05. The maximum absolute atomic E-state index is 12.5. The normalized spacial score (nSPS) is 23.4. The van der Waals surface area contributed by atoms with E-state index in [2.05, 4.69) is 15.7 Å². The molecule has 1 aromatic carbocycles. The molecule has 1 aliphatic heterocycles. The second-order valence-corrected chi connectivity index (χ2v) is 10.1. The van der Waals surface area contributed by atoms with Crippen molar-refractivity contribution in [2.75, 3.05) is 40.0 Å². The molecule has 1 aromatic rings. The van der Waals surface area contributed by atoms with Crippen LogP contribution in [0.1, 0.15) is 49.3 Å². The molecule has 1 amide bonds. The number of carbonyl (C=O) groups is 1. The molecule has 0 aromatic heterocycles. The molecule has 0 bridgehead atoms. The zero-order chi connectivity index (χ0) is 19.7. The lowest BCUT2D eigenvalue weighted by Gasteiger charge is -2.40. The summed E-state index contributed by atoms with van der Waals surface area (Å²) in [5.41, 5.74) is 2.32. The third-order valence-corrected chi connectivity index (χ3v) is 6.64. The molecule has 27 heavy (non-hydrogen) atoms. The number of nitrogens with one attached hydrogen (secondary N) is 1. The van der Waals surface area contributed by atoms with Gasteiger partial charge in [0.25, 0.3) is 0 Å². The van der Waals surface area contributed by atoms with Crippen molar-refractivity contribution < 1.29 is 13.6 Å². The maximum atomic E-state index is 12.5. The lowest BCUT2D eigenvalue weighted by Crippen LogP contribution is -2.45. The zero-order valence-electron chi connectivity index (χ0n) is 16.6. The lowest BCUT2D eigenvalue weighted by molar-refractivity contribution is -0.133. The van der Waals surface area contributed by atoms with Crippen LogP contribution in [-0.2, 0) is 24.8 Å². The Labute approximate surface area is 163 Å². The summed E-state index contributed by atoms with van der Waals surface area (Å²) in [6.45, 7) is 2.43. The van der Waals surface area contributed by atoms with Gasteiger partial charge in [-0.1, -0.05) is 28.5 Å². The molecule has 2 unspecified atom stereocenters. The van der Waals surface area contributed by atoms with E-state index in [9.17, 15) is 13.6 Å². The summed E-state index contributed by atoms with van der Waals surface area (Å²) < 4.78 is 26.4. The van der Waals surface area contributed by atoms with E-state index in [-0.39, 0.29) is 17.4 Å². The van der Waals surface area contributed by atoms with Crippen molar-refractivity contribution >= 4 is 16.3 Å². The van der Waals surface area contributed by atoms with Crippen molar-refractivity contribution in [2.45, 2.75) is 43.6 Å². The van der Waals surface area contributed by atoms with E-state index in [0.717, 1.165) is 50.9 Å². The number of benzene rings is 1. The first-order valence-corrected chi connectivity index (χ1v) is 11.6. The minimum absolute atomic E-state index is 0.0284. The van der Waals surface area contributed by atoms with Gasteiger partial charge in [-0.2, -0.15) is 0 Å². The van der Waals surface area contributed by atoms with Crippen LogP contribution in [0.25, 0.3) is 0 Å². The molecule has 1 spiro atoms. The number of hydrogen-bond acceptors (Lipinski definition) is 4. The van der Waals surface area contributed by atoms with Gasteiger partial charge in [-0.3, -0.25) is 4.79 Å². The van der Waals surface area contributed by atoms with E-state index in [1.54, 1.807) is 0 Å². The van der Waals surface area contributed by atoms with E-state index in [1.807, 2.05) is 37.2 Å². The number of nitrogens with zero attached hydrogens (tertiary/aromatic N) is 2. The highest BCUT2D eigenvalue weighted by atomic mass is 32.3. The van der Waals surface area contributed by atoms with Crippen molar-refractivity contribution in [1.29, 1.82) is 0 Å². The average Bonchev–Trinajstić information content (AvgIpc) is 2.87. The van der Waals surface area contributed by atoms with Crippen LogP contribution in [0.4, 0.5) is 0 Å². The first-order valence-electron chi connectivity index (χ1n) is 9.69. The van der Waals surface area contributed by atoms with E-state index < -0.39 is 10.4 Å². The maximum Gasteiger partial charge on any atom is 0.222 e. The molecule has 150 valence electrons. The van der Waals surface area contributed by atoms with E-state index >= 15 is 0 Å². The Hall–Kier alpha value is -1.28. The number of piperidine rings is 1. The van der Waals surface area contributed by atoms with Crippen LogP contribution in [0, 0.1) is 0 Å². The minimum atomic E-state index is -3.27. The molecule has 1 N–H and O–H groups in total.